The second kappa shape index (κ2) is 21.6. The lowest BCUT2D eigenvalue weighted by molar-refractivity contribution is -0.132. The minimum absolute atomic E-state index is 0.0453. The quantitative estimate of drug-likeness (QED) is 0.129. The lowest BCUT2D eigenvalue weighted by Crippen LogP contribution is -2.42. The molecule has 0 saturated heterocycles. The van der Waals surface area contributed by atoms with Crippen LogP contribution in [-0.4, -0.2) is 50.9 Å². The molecule has 10 heteroatoms. The Balaban J connectivity index is 0.00000174. The van der Waals surface area contributed by atoms with Gasteiger partial charge in [-0.3, -0.25) is 19.9 Å². The van der Waals surface area contributed by atoms with Gasteiger partial charge in [0.05, 0.1) is 13.2 Å². The molecule has 1 aliphatic rings. The molecule has 0 aliphatic carbocycles. The molecule has 9 nitrogen and oxygen atoms in total. The van der Waals surface area contributed by atoms with E-state index in [-0.39, 0.29) is 12.5 Å². The van der Waals surface area contributed by atoms with Gasteiger partial charge in [0.15, 0.2) is 0 Å². The van der Waals surface area contributed by atoms with E-state index in [9.17, 15) is 15.1 Å². The van der Waals surface area contributed by atoms with Gasteiger partial charge >= 0.3 is 0 Å². The number of nitrogens with zero attached hydrogens (tertiary/aromatic N) is 4. The van der Waals surface area contributed by atoms with Gasteiger partial charge < -0.3 is 14.4 Å². The van der Waals surface area contributed by atoms with Crippen molar-refractivity contribution in [1.29, 1.82) is 0 Å². The number of aliphatic hydroxyl groups is 1. The monoisotopic (exact) mass is 670 g/mol. The molecular weight excluding hydrogens is 612 g/mol. The molecule has 2 heterocycles. The zero-order valence-electron chi connectivity index (χ0n) is 30.5. The van der Waals surface area contributed by atoms with Crippen LogP contribution < -0.4 is 4.47 Å². The molecule has 0 bridgehead atoms. The Kier molecular flexibility index (Phi) is 19.3. The van der Waals surface area contributed by atoms with Crippen molar-refractivity contribution in [3.63, 3.8) is 0 Å². The van der Waals surface area contributed by atoms with Crippen LogP contribution in [0.25, 0.3) is 11.1 Å². The van der Waals surface area contributed by atoms with E-state index in [1.54, 1.807) is 4.90 Å². The number of anilines is 1. The number of carbonyl (C=O) groups is 1. The molecule has 1 unspecified atom stereocenters. The second-order valence-corrected chi connectivity index (χ2v) is 11.2. The van der Waals surface area contributed by atoms with Crippen molar-refractivity contribution >= 4 is 29.5 Å². The van der Waals surface area contributed by atoms with E-state index >= 15 is 0 Å². The SMILES string of the molecule is CC.CC.CC.CCCC1=NC(CC)(CCO)C(=O)N1Cc1ccc(-c2ccccc2SN(O)c2noc(C)c2C)c(COCC)c1. The van der Waals surface area contributed by atoms with E-state index in [4.69, 9.17) is 14.3 Å². The molecule has 47 heavy (non-hydrogen) atoms. The number of aliphatic hydroxyl groups excluding tert-OH is 1. The van der Waals surface area contributed by atoms with Crippen LogP contribution in [0.2, 0.25) is 0 Å². The molecule has 0 spiro atoms. The van der Waals surface area contributed by atoms with E-state index in [1.165, 1.54) is 0 Å². The summed E-state index contributed by atoms with van der Waals surface area (Å²) in [6, 6.07) is 14.0. The summed E-state index contributed by atoms with van der Waals surface area (Å²) in [4.78, 5) is 21.1. The fraction of sp³-hybridized carbons (Fsp3) is 0.541. The fourth-order valence-electron chi connectivity index (χ4n) is 5.07. The number of aliphatic imine (C=N–C) groups is 1. The van der Waals surface area contributed by atoms with Crippen molar-refractivity contribution in [3.8, 4) is 11.1 Å². The molecule has 1 amide bonds. The van der Waals surface area contributed by atoms with Gasteiger partial charge in [-0.1, -0.05) is 96.9 Å². The zero-order valence-corrected chi connectivity index (χ0v) is 31.3. The maximum atomic E-state index is 13.6. The van der Waals surface area contributed by atoms with Crippen molar-refractivity contribution < 1.29 is 24.4 Å². The highest BCUT2D eigenvalue weighted by atomic mass is 32.2. The maximum absolute atomic E-state index is 13.6. The second-order valence-electron chi connectivity index (χ2n) is 10.2. The molecule has 1 atom stereocenters. The van der Waals surface area contributed by atoms with Crippen LogP contribution in [0.1, 0.15) is 110 Å². The van der Waals surface area contributed by atoms with Gasteiger partial charge in [-0.15, -0.1) is 0 Å². The van der Waals surface area contributed by atoms with Crippen LogP contribution in [0, 0.1) is 13.8 Å². The van der Waals surface area contributed by atoms with Gasteiger partial charge in [0, 0.05) is 48.5 Å². The lowest BCUT2D eigenvalue weighted by Gasteiger charge is -2.25. The molecule has 262 valence electrons. The summed E-state index contributed by atoms with van der Waals surface area (Å²) in [5.74, 6) is 1.75. The average molecular weight is 671 g/mol. The highest BCUT2D eigenvalue weighted by Gasteiger charge is 2.46. The van der Waals surface area contributed by atoms with Crippen LogP contribution >= 0.6 is 11.9 Å². The number of carbonyl (C=O) groups excluding carboxylic acids is 1. The Labute approximate surface area is 287 Å². The van der Waals surface area contributed by atoms with Crippen molar-refractivity contribution in [3.05, 3.63) is 64.9 Å². The number of amidine groups is 1. The fourth-order valence-corrected chi connectivity index (χ4v) is 5.93. The first-order chi connectivity index (χ1) is 22.8. The third kappa shape index (κ3) is 10.4. The van der Waals surface area contributed by atoms with E-state index in [1.807, 2.05) is 106 Å². The summed E-state index contributed by atoms with van der Waals surface area (Å²) in [6.45, 7) is 22.9. The molecule has 1 aliphatic heterocycles. The van der Waals surface area contributed by atoms with Crippen molar-refractivity contribution in [2.45, 2.75) is 125 Å². The number of aromatic nitrogens is 1. The molecule has 0 fully saturated rings. The molecule has 0 saturated carbocycles. The van der Waals surface area contributed by atoms with Gasteiger partial charge in [0.25, 0.3) is 5.91 Å². The highest BCUT2D eigenvalue weighted by Crippen LogP contribution is 2.38. The standard InChI is InChI=1S/C31H40N4O5S.3C2H6/c1-6-11-28-32-31(7-2,16-17-36)30(37)34(28)19-23-14-15-25(24(18-23)20-39-8-3)26-12-9-10-13-27(26)41-35(38)29-21(4)22(5)40-33-29;3*1-2/h9-10,12-15,18,36,38H,6-8,11,16-17,19-20H2,1-5H3;3*1-2H3. The average Bonchev–Trinajstić information content (AvgIpc) is 3.58. The molecule has 0 radical (unpaired) electrons. The lowest BCUT2D eigenvalue weighted by atomic mass is 9.92. The number of hydrogen-bond acceptors (Lipinski definition) is 9. The largest absolute Gasteiger partial charge is 0.396 e. The molecule has 4 rings (SSSR count). The minimum Gasteiger partial charge on any atom is -0.396 e. The minimum atomic E-state index is -0.888. The maximum Gasteiger partial charge on any atom is 0.256 e. The number of benzene rings is 2. The molecule has 2 N–H and O–H groups in total. The third-order valence-corrected chi connectivity index (χ3v) is 8.43. The van der Waals surface area contributed by atoms with E-state index in [2.05, 4.69) is 18.1 Å². The predicted molar refractivity (Wildman–Crippen MR) is 195 cm³/mol. The Morgan fingerprint density at radius 3 is 2.26 bits per heavy atom. The third-order valence-electron chi connectivity index (χ3n) is 7.53. The van der Waals surface area contributed by atoms with Crippen LogP contribution in [0.4, 0.5) is 5.82 Å². The first-order valence-electron chi connectivity index (χ1n) is 17.2. The van der Waals surface area contributed by atoms with Crippen LogP contribution in [0.3, 0.4) is 0 Å². The number of rotatable bonds is 14. The Bertz CT molecular complexity index is 1390. The highest BCUT2D eigenvalue weighted by molar-refractivity contribution is 8.00. The summed E-state index contributed by atoms with van der Waals surface area (Å²) >= 11 is 1.16. The van der Waals surface area contributed by atoms with Gasteiger partial charge in [-0.05, 0) is 61.9 Å². The van der Waals surface area contributed by atoms with Gasteiger partial charge in [0.1, 0.15) is 17.1 Å². The molecule has 2 aromatic carbocycles. The summed E-state index contributed by atoms with van der Waals surface area (Å²) in [5, 5.41) is 24.5. The van der Waals surface area contributed by atoms with Crippen LogP contribution in [0.15, 0.2) is 56.9 Å². The smallest absolute Gasteiger partial charge is 0.256 e. The van der Waals surface area contributed by atoms with Gasteiger partial charge in [-0.25, -0.2) is 0 Å². The van der Waals surface area contributed by atoms with E-state index in [0.29, 0.717) is 50.6 Å². The topological polar surface area (TPSA) is 112 Å². The number of ether oxygens (including phenoxy) is 1. The summed E-state index contributed by atoms with van der Waals surface area (Å²) in [6.07, 6.45) is 2.45. The normalized spacial score (nSPS) is 15.1. The van der Waals surface area contributed by atoms with Crippen LogP contribution in [-0.2, 0) is 22.7 Å². The molecular formula is C37H58N4O5S. The van der Waals surface area contributed by atoms with Gasteiger partial charge in [-0.2, -0.15) is 4.47 Å². The predicted octanol–water partition coefficient (Wildman–Crippen LogP) is 9.55. The zero-order chi connectivity index (χ0) is 35.6. The van der Waals surface area contributed by atoms with E-state index < -0.39 is 5.54 Å². The Morgan fingerprint density at radius 1 is 1.00 bits per heavy atom. The van der Waals surface area contributed by atoms with Crippen molar-refractivity contribution in [2.75, 3.05) is 17.7 Å². The first kappa shape index (κ1) is 41.8. The molecule has 1 aromatic heterocycles. The summed E-state index contributed by atoms with van der Waals surface area (Å²) < 4.78 is 12.1. The van der Waals surface area contributed by atoms with Crippen molar-refractivity contribution in [2.24, 2.45) is 4.99 Å². The summed E-state index contributed by atoms with van der Waals surface area (Å²) in [5.41, 5.74) is 3.75. The van der Waals surface area contributed by atoms with Crippen molar-refractivity contribution in [1.82, 2.24) is 10.1 Å². The number of hydrogen-bond donors (Lipinski definition) is 2. The summed E-state index contributed by atoms with van der Waals surface area (Å²) in [7, 11) is 0. The van der Waals surface area contributed by atoms with Gasteiger partial charge in [0.2, 0.25) is 5.82 Å². The Hall–Kier alpha value is -3.18. The Morgan fingerprint density at radius 2 is 1.68 bits per heavy atom. The first-order valence-corrected chi connectivity index (χ1v) is 18.0. The van der Waals surface area contributed by atoms with E-state index in [0.717, 1.165) is 61.4 Å². The molecule has 3 aromatic rings. The van der Waals surface area contributed by atoms with Crippen LogP contribution in [0.5, 0.6) is 0 Å². The number of amides is 1. The number of aryl methyl sites for hydroxylation is 1.